The first-order valence-electron chi connectivity index (χ1n) is 24.3. The Bertz CT molecular complexity index is 1780. The minimum absolute atomic E-state index is 0.111. The van der Waals surface area contributed by atoms with Crippen molar-refractivity contribution in [2.24, 2.45) is 11.8 Å². The molecule has 0 aliphatic carbocycles. The minimum atomic E-state index is -0.466. The second-order valence-electron chi connectivity index (χ2n) is 21.1. The summed E-state index contributed by atoms with van der Waals surface area (Å²) in [6.07, 6.45) is 15.0. The number of benzene rings is 3. The lowest BCUT2D eigenvalue weighted by molar-refractivity contribution is -0.0445. The van der Waals surface area contributed by atoms with Crippen LogP contribution in [-0.2, 0) is 24.0 Å². The lowest BCUT2D eigenvalue weighted by atomic mass is 9.77. The third-order valence-electron chi connectivity index (χ3n) is 14.1. The van der Waals surface area contributed by atoms with Crippen LogP contribution in [0.3, 0.4) is 0 Å². The Hall–Kier alpha value is -3.88. The molecule has 4 unspecified atom stereocenters. The second kappa shape index (κ2) is 22.2. The number of rotatable bonds is 11. The number of hydrogen-bond acceptors (Lipinski definition) is 5. The molecule has 4 saturated heterocycles. The number of piperidine rings is 4. The highest BCUT2D eigenvalue weighted by Gasteiger charge is 2.47. The molecule has 1 N–H and O–H groups in total. The highest BCUT2D eigenvalue weighted by atomic mass is 16.6. The Balaban J connectivity index is 0.000000211. The Labute approximate surface area is 376 Å². The van der Waals surface area contributed by atoms with E-state index in [1.165, 1.54) is 81.4 Å². The van der Waals surface area contributed by atoms with Gasteiger partial charge in [0.2, 0.25) is 0 Å². The van der Waals surface area contributed by atoms with E-state index in [1.54, 1.807) is 0 Å². The zero-order valence-corrected chi connectivity index (χ0v) is 39.6. The summed E-state index contributed by atoms with van der Waals surface area (Å²) in [6.45, 7) is 21.9. The number of hydrogen-bond donors (Lipinski definition) is 1. The molecule has 0 saturated carbocycles. The largest absolute Gasteiger partial charge is 0.444 e. The summed E-state index contributed by atoms with van der Waals surface area (Å²) in [4.78, 5) is 35.9. The van der Waals surface area contributed by atoms with Crippen LogP contribution in [0.15, 0.2) is 91.0 Å². The van der Waals surface area contributed by atoms with E-state index in [4.69, 9.17) is 4.74 Å². The molecule has 340 valence electrons. The van der Waals surface area contributed by atoms with Gasteiger partial charge in [-0.25, -0.2) is 9.59 Å². The number of aryl methyl sites for hydroxylation is 1. The normalized spacial score (nSPS) is 24.4. The number of ether oxygens (including phenoxy) is 1. The average molecular weight is 848 g/mol. The van der Waals surface area contributed by atoms with Gasteiger partial charge >= 0.3 is 12.1 Å². The monoisotopic (exact) mass is 848 g/mol. The maximum atomic E-state index is 13.3. The predicted octanol–water partition coefficient (Wildman–Crippen LogP) is 11.0. The molecule has 4 atom stereocenters. The molecule has 4 heterocycles. The molecule has 0 radical (unpaired) electrons. The first kappa shape index (κ1) is 47.6. The lowest BCUT2D eigenvalue weighted by Crippen LogP contribution is -2.63. The van der Waals surface area contributed by atoms with E-state index >= 15 is 0 Å². The first-order chi connectivity index (χ1) is 29.7. The number of carbonyl (C=O) groups excluding carboxylic acids is 2. The van der Waals surface area contributed by atoms with Crippen molar-refractivity contribution >= 4 is 12.1 Å². The van der Waals surface area contributed by atoms with Gasteiger partial charge in [-0.2, -0.15) is 0 Å². The van der Waals surface area contributed by atoms with E-state index in [2.05, 4.69) is 139 Å². The summed E-state index contributed by atoms with van der Waals surface area (Å²) in [5.74, 6) is 0.901. The van der Waals surface area contributed by atoms with E-state index in [0.717, 1.165) is 64.6 Å². The van der Waals surface area contributed by atoms with Crippen LogP contribution >= 0.6 is 0 Å². The van der Waals surface area contributed by atoms with Crippen LogP contribution in [0.25, 0.3) is 0 Å². The Kier molecular flexibility index (Phi) is 17.0. The number of nitrogens with one attached hydrogen (secondary N) is 1. The zero-order valence-electron chi connectivity index (χ0n) is 39.6. The van der Waals surface area contributed by atoms with Crippen LogP contribution in [0, 0.1) is 11.8 Å². The first-order valence-corrected chi connectivity index (χ1v) is 24.3. The summed E-state index contributed by atoms with van der Waals surface area (Å²) in [5, 5.41) is 3.25. The third kappa shape index (κ3) is 13.8. The van der Waals surface area contributed by atoms with Crippen molar-refractivity contribution in [3.05, 3.63) is 108 Å². The maximum absolute atomic E-state index is 13.3. The quantitative estimate of drug-likeness (QED) is 0.195. The van der Waals surface area contributed by atoms with E-state index in [1.807, 2.05) is 25.7 Å². The zero-order chi connectivity index (χ0) is 44.2. The third-order valence-corrected chi connectivity index (χ3v) is 14.1. The fourth-order valence-corrected chi connectivity index (χ4v) is 10.8. The molecule has 4 fully saturated rings. The van der Waals surface area contributed by atoms with Crippen molar-refractivity contribution in [2.75, 3.05) is 45.8 Å². The number of urea groups is 1. The number of nitrogens with zero attached hydrogens (tertiary/aromatic N) is 4. The van der Waals surface area contributed by atoms with Gasteiger partial charge < -0.3 is 19.9 Å². The molecular formula is C54H81N5O3. The number of unbranched alkanes of at least 4 members (excludes halogenated alkanes) is 1. The number of amides is 3. The fraction of sp³-hybridized carbons (Fsp3) is 0.630. The van der Waals surface area contributed by atoms with Gasteiger partial charge in [0.15, 0.2) is 0 Å². The molecule has 4 aliphatic rings. The standard InChI is InChI=1S/C30H43N3O.C24H38N2O2/c1-30(2)23-28(32-20-12-5-13-21-32)27(22-26-17-8-4-9-18-26)24-33(30)29(34)31-19-11-10-16-25-14-6-3-7-15-25;1-23(2,3)28-22(27)26-18-20(16-19-12-8-6-9-13-19)21(17-24(26,4)5)25-14-10-7-11-15-25/h3-4,6-9,14-15,17-18,27-28H,5,10-13,16,19-24H2,1-2H3,(H,31,34);6,8-9,12-13,20-21H,7,10-11,14-18H2,1-5H3. The Morgan fingerprint density at radius 1 is 0.597 bits per heavy atom. The van der Waals surface area contributed by atoms with Crippen LogP contribution in [0.2, 0.25) is 0 Å². The molecule has 62 heavy (non-hydrogen) atoms. The van der Waals surface area contributed by atoms with Crippen LogP contribution in [0.5, 0.6) is 0 Å². The smallest absolute Gasteiger partial charge is 0.410 e. The molecule has 3 amide bonds. The van der Waals surface area contributed by atoms with Crippen molar-refractivity contribution in [1.82, 2.24) is 24.9 Å². The molecule has 8 nitrogen and oxygen atoms in total. The van der Waals surface area contributed by atoms with Gasteiger partial charge in [-0.3, -0.25) is 9.80 Å². The number of carbonyl (C=O) groups is 2. The van der Waals surface area contributed by atoms with Crippen molar-refractivity contribution in [3.8, 4) is 0 Å². The number of likely N-dealkylation sites (tertiary alicyclic amines) is 4. The molecular weight excluding hydrogens is 767 g/mol. The summed E-state index contributed by atoms with van der Waals surface area (Å²) in [6, 6.07) is 33.4. The summed E-state index contributed by atoms with van der Waals surface area (Å²) in [5.41, 5.74) is 3.32. The molecule has 4 aliphatic heterocycles. The van der Waals surface area contributed by atoms with Gasteiger partial charge in [-0.1, -0.05) is 104 Å². The van der Waals surface area contributed by atoms with E-state index in [9.17, 15) is 9.59 Å². The SMILES string of the molecule is CC(C)(C)OC(=O)N1CC(Cc2ccccc2)C(N2CCCCC2)CC1(C)C.CC1(C)CC(N2CCCCC2)C(Cc2ccccc2)CN1C(=O)NCCCCc1ccccc1. The highest BCUT2D eigenvalue weighted by Crippen LogP contribution is 2.39. The van der Waals surface area contributed by atoms with Crippen LogP contribution in [0.4, 0.5) is 9.59 Å². The van der Waals surface area contributed by atoms with Gasteiger partial charge in [0.05, 0.1) is 0 Å². The topological polar surface area (TPSA) is 68.4 Å². The van der Waals surface area contributed by atoms with Crippen molar-refractivity contribution in [3.63, 3.8) is 0 Å². The minimum Gasteiger partial charge on any atom is -0.444 e. The molecule has 7 rings (SSSR count). The van der Waals surface area contributed by atoms with Crippen molar-refractivity contribution in [1.29, 1.82) is 0 Å². The van der Waals surface area contributed by atoms with Gasteiger partial charge in [-0.15, -0.1) is 0 Å². The lowest BCUT2D eigenvalue weighted by Gasteiger charge is -2.53. The molecule has 3 aromatic carbocycles. The highest BCUT2D eigenvalue weighted by molar-refractivity contribution is 5.75. The van der Waals surface area contributed by atoms with Crippen LogP contribution in [-0.4, -0.2) is 106 Å². The van der Waals surface area contributed by atoms with Gasteiger partial charge in [0.1, 0.15) is 5.60 Å². The van der Waals surface area contributed by atoms with Crippen molar-refractivity contribution in [2.45, 2.75) is 161 Å². The van der Waals surface area contributed by atoms with E-state index in [0.29, 0.717) is 23.9 Å². The average Bonchev–Trinajstić information content (AvgIpc) is 3.25. The molecule has 0 bridgehead atoms. The summed E-state index contributed by atoms with van der Waals surface area (Å²) >= 11 is 0. The molecule has 0 spiro atoms. The van der Waals surface area contributed by atoms with E-state index in [-0.39, 0.29) is 23.2 Å². The summed E-state index contributed by atoms with van der Waals surface area (Å²) in [7, 11) is 0. The molecule has 0 aromatic heterocycles. The van der Waals surface area contributed by atoms with E-state index < -0.39 is 5.60 Å². The second-order valence-corrected chi connectivity index (χ2v) is 21.1. The Morgan fingerprint density at radius 3 is 1.47 bits per heavy atom. The van der Waals surface area contributed by atoms with Gasteiger partial charge in [-0.05, 0) is 174 Å². The van der Waals surface area contributed by atoms with Crippen LogP contribution in [0.1, 0.15) is 129 Å². The van der Waals surface area contributed by atoms with Crippen molar-refractivity contribution < 1.29 is 14.3 Å². The van der Waals surface area contributed by atoms with Gasteiger partial charge in [0, 0.05) is 42.8 Å². The van der Waals surface area contributed by atoms with Crippen LogP contribution < -0.4 is 5.32 Å². The maximum Gasteiger partial charge on any atom is 0.410 e. The predicted molar refractivity (Wildman–Crippen MR) is 256 cm³/mol. The Morgan fingerprint density at radius 2 is 1.02 bits per heavy atom. The summed E-state index contributed by atoms with van der Waals surface area (Å²) < 4.78 is 5.77. The molecule has 3 aromatic rings. The van der Waals surface area contributed by atoms with Gasteiger partial charge in [0.25, 0.3) is 0 Å². The fourth-order valence-electron chi connectivity index (χ4n) is 10.8. The molecule has 8 heteroatoms.